The van der Waals surface area contributed by atoms with Gasteiger partial charge >= 0.3 is 0 Å². The molecule has 2 aliphatic rings. The standard InChI is InChI=1S/C54H33N5O/c1-4-16-34(17-5-1)49-39-22-10-13-25-46(39)55-52(56-49)37-28-30-42-40(32-37)41-33-38(53-58-50(35-18-6-2-7-19-35)57-51(59-53)36-20-8-3-9-21-36)29-31-43(41)54(42)44-23-11-14-26-47(44)60-48-27-15-12-24-45(48)54/h1-33H. The Kier molecular flexibility index (Phi) is 7.65. The zero-order valence-corrected chi connectivity index (χ0v) is 32.2. The highest BCUT2D eigenvalue weighted by molar-refractivity contribution is 5.95. The first-order valence-corrected chi connectivity index (χ1v) is 20.1. The molecule has 1 aliphatic carbocycles. The van der Waals surface area contributed by atoms with Gasteiger partial charge in [0.15, 0.2) is 23.3 Å². The van der Waals surface area contributed by atoms with Gasteiger partial charge in [-0.15, -0.1) is 0 Å². The average Bonchev–Trinajstić information content (AvgIpc) is 3.61. The highest BCUT2D eigenvalue weighted by atomic mass is 16.5. The van der Waals surface area contributed by atoms with Gasteiger partial charge in [-0.25, -0.2) is 24.9 Å². The second kappa shape index (κ2) is 13.5. The van der Waals surface area contributed by atoms with Crippen LogP contribution in [0.25, 0.3) is 78.8 Å². The number of aromatic nitrogens is 5. The molecule has 6 nitrogen and oxygen atoms in total. The molecule has 2 aromatic heterocycles. The first-order chi connectivity index (χ1) is 29.7. The molecule has 0 unspecified atom stereocenters. The Morgan fingerprint density at radius 3 is 1.30 bits per heavy atom. The first kappa shape index (κ1) is 34.0. The Morgan fingerprint density at radius 1 is 0.317 bits per heavy atom. The van der Waals surface area contributed by atoms with Gasteiger partial charge in [0.1, 0.15) is 11.5 Å². The Hall–Kier alpha value is -8.09. The zero-order valence-electron chi connectivity index (χ0n) is 32.2. The third-order valence-electron chi connectivity index (χ3n) is 11.8. The molecule has 0 fully saturated rings. The molecule has 12 rings (SSSR count). The molecule has 60 heavy (non-hydrogen) atoms. The fraction of sp³-hybridized carbons (Fsp3) is 0.0185. The molecule has 10 aromatic rings. The molecule has 0 atom stereocenters. The van der Waals surface area contributed by atoms with Gasteiger partial charge in [0.05, 0.1) is 16.6 Å². The molecule has 0 saturated carbocycles. The van der Waals surface area contributed by atoms with E-state index in [1.807, 2.05) is 91.0 Å². The number of nitrogens with zero attached hydrogens (tertiary/aromatic N) is 5. The Balaban J connectivity index is 1.12. The largest absolute Gasteiger partial charge is 0.457 e. The van der Waals surface area contributed by atoms with Crippen LogP contribution in [0.1, 0.15) is 22.3 Å². The van der Waals surface area contributed by atoms with Gasteiger partial charge in [-0.2, -0.15) is 0 Å². The number of benzene rings is 8. The van der Waals surface area contributed by atoms with E-state index in [9.17, 15) is 0 Å². The summed E-state index contributed by atoms with van der Waals surface area (Å²) >= 11 is 0. The van der Waals surface area contributed by atoms with Crippen LogP contribution in [0.15, 0.2) is 200 Å². The van der Waals surface area contributed by atoms with E-state index < -0.39 is 5.41 Å². The Bertz CT molecular complexity index is 3190. The topological polar surface area (TPSA) is 73.7 Å². The number of hydrogen-bond donors (Lipinski definition) is 0. The predicted molar refractivity (Wildman–Crippen MR) is 237 cm³/mol. The summed E-state index contributed by atoms with van der Waals surface area (Å²) in [4.78, 5) is 25.7. The third-order valence-corrected chi connectivity index (χ3v) is 11.8. The average molecular weight is 768 g/mol. The minimum Gasteiger partial charge on any atom is -0.457 e. The summed E-state index contributed by atoms with van der Waals surface area (Å²) in [5, 5.41) is 1.01. The lowest BCUT2D eigenvalue weighted by Crippen LogP contribution is -2.32. The van der Waals surface area contributed by atoms with E-state index in [4.69, 9.17) is 29.7 Å². The fourth-order valence-corrected chi connectivity index (χ4v) is 9.15. The fourth-order valence-electron chi connectivity index (χ4n) is 9.15. The van der Waals surface area contributed by atoms with E-state index in [1.54, 1.807) is 0 Å². The van der Waals surface area contributed by atoms with Gasteiger partial charge in [0.25, 0.3) is 0 Å². The minimum atomic E-state index is -0.657. The van der Waals surface area contributed by atoms with Gasteiger partial charge in [0, 0.05) is 44.3 Å². The zero-order chi connectivity index (χ0) is 39.6. The summed E-state index contributed by atoms with van der Waals surface area (Å²) in [5.41, 5.74) is 12.5. The molecular formula is C54H33N5O. The van der Waals surface area contributed by atoms with Crippen LogP contribution in [0.4, 0.5) is 0 Å². The summed E-state index contributed by atoms with van der Waals surface area (Å²) in [6.07, 6.45) is 0. The van der Waals surface area contributed by atoms with Crippen molar-refractivity contribution >= 4 is 10.9 Å². The summed E-state index contributed by atoms with van der Waals surface area (Å²) in [7, 11) is 0. The quantitative estimate of drug-likeness (QED) is 0.174. The number of para-hydroxylation sites is 3. The molecular weight excluding hydrogens is 735 g/mol. The van der Waals surface area contributed by atoms with Crippen LogP contribution < -0.4 is 4.74 Å². The lowest BCUT2D eigenvalue weighted by atomic mass is 9.66. The maximum absolute atomic E-state index is 6.64. The molecule has 0 amide bonds. The second-order valence-corrected chi connectivity index (χ2v) is 15.2. The van der Waals surface area contributed by atoms with Crippen LogP contribution in [0.2, 0.25) is 0 Å². The Morgan fingerprint density at radius 2 is 0.750 bits per heavy atom. The van der Waals surface area contributed by atoms with Crippen molar-refractivity contribution in [2.75, 3.05) is 0 Å². The van der Waals surface area contributed by atoms with Gasteiger partial charge in [0.2, 0.25) is 0 Å². The number of ether oxygens (including phenoxy) is 1. The predicted octanol–water partition coefficient (Wildman–Crippen LogP) is 12.6. The molecule has 1 aliphatic heterocycles. The van der Waals surface area contributed by atoms with Gasteiger partial charge in [-0.1, -0.05) is 170 Å². The number of rotatable bonds is 5. The van der Waals surface area contributed by atoms with E-state index in [-0.39, 0.29) is 0 Å². The highest BCUT2D eigenvalue weighted by Gasteiger charge is 2.51. The van der Waals surface area contributed by atoms with Crippen LogP contribution in [-0.4, -0.2) is 24.9 Å². The number of hydrogen-bond acceptors (Lipinski definition) is 6. The SMILES string of the molecule is c1ccc(-c2nc(-c3ccccc3)nc(-c3ccc4c(c3)-c3cc(-c5nc(-c6ccccc6)c6ccccc6n5)ccc3C43c4ccccc4Oc4ccccc43)n2)cc1. The van der Waals surface area contributed by atoms with Crippen molar-refractivity contribution in [3.8, 4) is 79.4 Å². The van der Waals surface area contributed by atoms with E-state index in [1.165, 1.54) is 0 Å². The third kappa shape index (κ3) is 5.24. The maximum atomic E-state index is 6.64. The van der Waals surface area contributed by atoms with Crippen molar-refractivity contribution in [1.82, 2.24) is 24.9 Å². The normalized spacial score (nSPS) is 12.9. The molecule has 0 saturated heterocycles. The molecule has 8 aromatic carbocycles. The van der Waals surface area contributed by atoms with E-state index >= 15 is 0 Å². The molecule has 6 heteroatoms. The van der Waals surface area contributed by atoms with Crippen molar-refractivity contribution in [1.29, 1.82) is 0 Å². The van der Waals surface area contributed by atoms with Gasteiger partial charge in [-0.3, -0.25) is 0 Å². The molecule has 280 valence electrons. The lowest BCUT2D eigenvalue weighted by molar-refractivity contribution is 0.436. The summed E-state index contributed by atoms with van der Waals surface area (Å²) < 4.78 is 6.64. The van der Waals surface area contributed by atoms with Crippen molar-refractivity contribution in [2.45, 2.75) is 5.41 Å². The molecule has 0 N–H and O–H groups in total. The summed E-state index contributed by atoms with van der Waals surface area (Å²) in [5.74, 6) is 4.18. The van der Waals surface area contributed by atoms with Crippen molar-refractivity contribution in [2.24, 2.45) is 0 Å². The highest BCUT2D eigenvalue weighted by Crippen LogP contribution is 2.62. The molecule has 1 spiro atoms. The van der Waals surface area contributed by atoms with E-state index in [2.05, 4.69) is 109 Å². The summed E-state index contributed by atoms with van der Waals surface area (Å²) in [6.45, 7) is 0. The monoisotopic (exact) mass is 767 g/mol. The lowest BCUT2D eigenvalue weighted by Gasteiger charge is -2.39. The summed E-state index contributed by atoms with van der Waals surface area (Å²) in [6, 6.07) is 69.0. The van der Waals surface area contributed by atoms with Crippen molar-refractivity contribution < 1.29 is 4.74 Å². The smallest absolute Gasteiger partial charge is 0.164 e. The molecule has 3 heterocycles. The Labute approximate surface area is 346 Å². The molecule has 0 bridgehead atoms. The van der Waals surface area contributed by atoms with Crippen molar-refractivity contribution in [3.05, 3.63) is 222 Å². The number of fused-ring (bicyclic) bond motifs is 10. The van der Waals surface area contributed by atoms with Crippen LogP contribution in [0.5, 0.6) is 11.5 Å². The van der Waals surface area contributed by atoms with Crippen LogP contribution in [-0.2, 0) is 5.41 Å². The van der Waals surface area contributed by atoms with E-state index in [0.29, 0.717) is 23.3 Å². The van der Waals surface area contributed by atoms with Crippen molar-refractivity contribution in [3.63, 3.8) is 0 Å². The minimum absolute atomic E-state index is 0.599. The van der Waals surface area contributed by atoms with Gasteiger partial charge < -0.3 is 4.74 Å². The van der Waals surface area contributed by atoms with Crippen LogP contribution in [0, 0.1) is 0 Å². The maximum Gasteiger partial charge on any atom is 0.164 e. The van der Waals surface area contributed by atoms with Crippen LogP contribution in [0.3, 0.4) is 0 Å². The first-order valence-electron chi connectivity index (χ1n) is 20.1. The second-order valence-electron chi connectivity index (χ2n) is 15.2. The molecule has 0 radical (unpaired) electrons. The van der Waals surface area contributed by atoms with E-state index in [0.717, 1.165) is 89.3 Å². The van der Waals surface area contributed by atoms with Gasteiger partial charge in [-0.05, 0) is 52.6 Å². The van der Waals surface area contributed by atoms with Crippen LogP contribution >= 0.6 is 0 Å².